The predicted molar refractivity (Wildman–Crippen MR) is 50.2 cm³/mol. The van der Waals surface area contributed by atoms with Crippen LogP contribution in [0, 0.1) is 5.92 Å². The molecule has 0 radical (unpaired) electrons. The minimum atomic E-state index is 0.381. The van der Waals surface area contributed by atoms with E-state index in [1.807, 2.05) is 6.92 Å². The molecular weight excluding hydrogens is 172 g/mol. The largest absolute Gasteiger partial charge is 0.299 e. The van der Waals surface area contributed by atoms with Crippen molar-refractivity contribution in [2.45, 2.75) is 25.1 Å². The molecule has 66 valence electrons. The molecule has 0 aromatic heterocycles. The SMILES string of the molecule is CC1=NNC2SCC(=O)CC2C1. The van der Waals surface area contributed by atoms with E-state index in [2.05, 4.69) is 10.5 Å². The number of carbonyl (C=O) groups excluding carboxylic acids is 1. The van der Waals surface area contributed by atoms with Crippen LogP contribution in [0.1, 0.15) is 19.8 Å². The van der Waals surface area contributed by atoms with Crippen LogP contribution in [0.4, 0.5) is 0 Å². The van der Waals surface area contributed by atoms with Crippen molar-refractivity contribution in [3.8, 4) is 0 Å². The molecule has 0 aliphatic carbocycles. The van der Waals surface area contributed by atoms with Crippen LogP contribution in [0.3, 0.4) is 0 Å². The number of ketones is 1. The van der Waals surface area contributed by atoms with Crippen LogP contribution < -0.4 is 5.43 Å². The third kappa shape index (κ3) is 1.48. The van der Waals surface area contributed by atoms with Crippen molar-refractivity contribution in [1.82, 2.24) is 5.43 Å². The molecule has 3 nitrogen and oxygen atoms in total. The Labute approximate surface area is 76.0 Å². The maximum atomic E-state index is 11.1. The number of hydrogen-bond donors (Lipinski definition) is 1. The molecule has 2 unspecified atom stereocenters. The van der Waals surface area contributed by atoms with Gasteiger partial charge in [-0.1, -0.05) is 0 Å². The van der Waals surface area contributed by atoms with Gasteiger partial charge < -0.3 is 0 Å². The van der Waals surface area contributed by atoms with Gasteiger partial charge in [-0.25, -0.2) is 0 Å². The van der Waals surface area contributed by atoms with Crippen LogP contribution in [0.2, 0.25) is 0 Å². The number of carbonyl (C=O) groups is 1. The smallest absolute Gasteiger partial charge is 0.143 e. The summed E-state index contributed by atoms with van der Waals surface area (Å²) >= 11 is 1.69. The van der Waals surface area contributed by atoms with Crippen molar-refractivity contribution in [3.05, 3.63) is 0 Å². The minimum Gasteiger partial charge on any atom is -0.299 e. The van der Waals surface area contributed by atoms with E-state index in [9.17, 15) is 4.79 Å². The van der Waals surface area contributed by atoms with Crippen LogP contribution in [0.5, 0.6) is 0 Å². The first-order valence-electron chi connectivity index (χ1n) is 4.17. The molecular formula is C8H12N2OS. The lowest BCUT2D eigenvalue weighted by atomic mass is 9.95. The summed E-state index contributed by atoms with van der Waals surface area (Å²) in [6, 6.07) is 0. The van der Waals surface area contributed by atoms with Gasteiger partial charge >= 0.3 is 0 Å². The van der Waals surface area contributed by atoms with Crippen molar-refractivity contribution in [2.75, 3.05) is 5.75 Å². The third-order valence-corrected chi connectivity index (χ3v) is 3.62. The highest BCUT2D eigenvalue weighted by molar-refractivity contribution is 8.00. The van der Waals surface area contributed by atoms with Crippen LogP contribution >= 0.6 is 11.8 Å². The summed E-state index contributed by atoms with van der Waals surface area (Å²) in [7, 11) is 0. The van der Waals surface area contributed by atoms with Gasteiger partial charge in [0.15, 0.2) is 0 Å². The molecule has 0 bridgehead atoms. The van der Waals surface area contributed by atoms with Gasteiger partial charge in [-0.05, 0) is 13.3 Å². The molecule has 2 rings (SSSR count). The van der Waals surface area contributed by atoms with E-state index >= 15 is 0 Å². The number of fused-ring (bicyclic) bond motifs is 1. The molecule has 12 heavy (non-hydrogen) atoms. The maximum Gasteiger partial charge on any atom is 0.143 e. The maximum absolute atomic E-state index is 11.1. The highest BCUT2D eigenvalue weighted by Crippen LogP contribution is 2.31. The van der Waals surface area contributed by atoms with Crippen molar-refractivity contribution in [1.29, 1.82) is 0 Å². The quantitative estimate of drug-likeness (QED) is 0.610. The van der Waals surface area contributed by atoms with Crippen LogP contribution in [0.15, 0.2) is 5.10 Å². The summed E-state index contributed by atoms with van der Waals surface area (Å²) in [5.41, 5.74) is 4.21. The van der Waals surface area contributed by atoms with Gasteiger partial charge in [0.1, 0.15) is 5.78 Å². The fourth-order valence-corrected chi connectivity index (χ4v) is 2.77. The number of thioether (sulfide) groups is 1. The van der Waals surface area contributed by atoms with Gasteiger partial charge in [0.05, 0.1) is 11.1 Å². The second-order valence-electron chi connectivity index (χ2n) is 3.41. The molecule has 2 aliphatic rings. The normalized spacial score (nSPS) is 35.1. The summed E-state index contributed by atoms with van der Waals surface area (Å²) in [5.74, 6) is 1.52. The van der Waals surface area contributed by atoms with Crippen LogP contribution in [-0.2, 0) is 4.79 Å². The Morgan fingerprint density at radius 2 is 2.42 bits per heavy atom. The number of nitrogens with one attached hydrogen (secondary N) is 1. The molecule has 0 spiro atoms. The molecule has 0 aromatic rings. The van der Waals surface area contributed by atoms with Crippen molar-refractivity contribution < 1.29 is 4.79 Å². The zero-order chi connectivity index (χ0) is 8.55. The molecule has 2 atom stereocenters. The zero-order valence-corrected chi connectivity index (χ0v) is 7.86. The van der Waals surface area contributed by atoms with Gasteiger partial charge in [0.25, 0.3) is 0 Å². The number of Topliss-reactive ketones (excluding diaryl/α,β-unsaturated/α-hetero) is 1. The van der Waals surface area contributed by atoms with E-state index in [0.717, 1.165) is 18.6 Å². The summed E-state index contributed by atoms with van der Waals surface area (Å²) < 4.78 is 0. The average Bonchev–Trinajstić information content (AvgIpc) is 2.03. The van der Waals surface area contributed by atoms with Gasteiger partial charge in [-0.2, -0.15) is 5.10 Å². The molecule has 0 saturated carbocycles. The standard InChI is InChI=1S/C8H12N2OS/c1-5-2-6-3-7(11)4-12-8(6)10-9-5/h6,8,10H,2-4H2,1H3. The van der Waals surface area contributed by atoms with E-state index in [1.165, 1.54) is 0 Å². The second kappa shape index (κ2) is 3.09. The Kier molecular flexibility index (Phi) is 2.09. The molecule has 4 heteroatoms. The van der Waals surface area contributed by atoms with E-state index < -0.39 is 0 Å². The summed E-state index contributed by atoms with van der Waals surface area (Å²) in [4.78, 5) is 11.1. The van der Waals surface area contributed by atoms with Crippen LogP contribution in [0.25, 0.3) is 0 Å². The summed E-state index contributed by atoms with van der Waals surface area (Å²) in [6.45, 7) is 2.01. The van der Waals surface area contributed by atoms with E-state index in [1.54, 1.807) is 11.8 Å². The number of rotatable bonds is 0. The fraction of sp³-hybridized carbons (Fsp3) is 0.750. The van der Waals surface area contributed by atoms with Gasteiger partial charge in [-0.3, -0.25) is 10.2 Å². The van der Waals surface area contributed by atoms with Gasteiger partial charge in [-0.15, -0.1) is 11.8 Å². The Morgan fingerprint density at radius 3 is 3.25 bits per heavy atom. The number of hydrazone groups is 1. The summed E-state index contributed by atoms with van der Waals surface area (Å²) in [5, 5.41) is 4.55. The van der Waals surface area contributed by atoms with Crippen molar-refractivity contribution in [2.24, 2.45) is 11.0 Å². The number of nitrogens with zero attached hydrogens (tertiary/aromatic N) is 1. The molecule has 1 saturated heterocycles. The van der Waals surface area contributed by atoms with E-state index in [-0.39, 0.29) is 0 Å². The van der Waals surface area contributed by atoms with Gasteiger partial charge in [0, 0.05) is 18.1 Å². The Balaban J connectivity index is 2.08. The minimum absolute atomic E-state index is 0.381. The first-order valence-corrected chi connectivity index (χ1v) is 5.22. The van der Waals surface area contributed by atoms with E-state index in [4.69, 9.17) is 0 Å². The lowest BCUT2D eigenvalue weighted by Gasteiger charge is -2.33. The molecule has 1 N–H and O–H groups in total. The molecule has 0 aromatic carbocycles. The van der Waals surface area contributed by atoms with Crippen LogP contribution in [-0.4, -0.2) is 22.6 Å². The Bertz CT molecular complexity index is 239. The first-order chi connectivity index (χ1) is 5.75. The highest BCUT2D eigenvalue weighted by atomic mass is 32.2. The van der Waals surface area contributed by atoms with Gasteiger partial charge in [0.2, 0.25) is 0 Å². The Morgan fingerprint density at radius 1 is 1.58 bits per heavy atom. The Hall–Kier alpha value is -0.510. The lowest BCUT2D eigenvalue weighted by Crippen LogP contribution is -2.41. The zero-order valence-electron chi connectivity index (χ0n) is 7.04. The third-order valence-electron chi connectivity index (χ3n) is 2.28. The van der Waals surface area contributed by atoms with Crippen molar-refractivity contribution in [3.63, 3.8) is 0 Å². The van der Waals surface area contributed by atoms with Crippen molar-refractivity contribution >= 4 is 23.3 Å². The lowest BCUT2D eigenvalue weighted by molar-refractivity contribution is -0.117. The molecule has 2 heterocycles. The molecule has 2 aliphatic heterocycles. The molecule has 1 fully saturated rings. The number of hydrogen-bond acceptors (Lipinski definition) is 4. The average molecular weight is 184 g/mol. The monoisotopic (exact) mass is 184 g/mol. The molecule has 0 amide bonds. The fourth-order valence-electron chi connectivity index (χ4n) is 1.70. The van der Waals surface area contributed by atoms with E-state index in [0.29, 0.717) is 22.8 Å². The summed E-state index contributed by atoms with van der Waals surface area (Å²) in [6.07, 6.45) is 1.72. The first kappa shape index (κ1) is 8.10. The second-order valence-corrected chi connectivity index (χ2v) is 4.54. The predicted octanol–water partition coefficient (Wildman–Crippen LogP) is 1.00. The topological polar surface area (TPSA) is 41.5 Å². The highest BCUT2D eigenvalue weighted by Gasteiger charge is 2.32.